The van der Waals surface area contributed by atoms with Gasteiger partial charge < -0.3 is 25.0 Å². The summed E-state index contributed by atoms with van der Waals surface area (Å²) in [5.41, 5.74) is 2.28. The zero-order chi connectivity index (χ0) is 14.6. The summed E-state index contributed by atoms with van der Waals surface area (Å²) in [5.74, 6) is 6.45. The fraction of sp³-hybridized carbons (Fsp3) is 0.500. The molecular weight excluding hydrogens is 260 g/mol. The van der Waals surface area contributed by atoms with Crippen LogP contribution in [0.25, 0.3) is 5.65 Å². The Morgan fingerprint density at radius 1 is 1.55 bits per heavy atom. The zero-order valence-corrected chi connectivity index (χ0v) is 11.6. The van der Waals surface area contributed by atoms with Gasteiger partial charge in [0, 0.05) is 39.1 Å². The Kier molecular flexibility index (Phi) is 4.38. The number of anilines is 2. The average molecular weight is 280 g/mol. The van der Waals surface area contributed by atoms with Crippen molar-refractivity contribution in [2.75, 3.05) is 31.0 Å². The summed E-state index contributed by atoms with van der Waals surface area (Å²) in [6.07, 6.45) is 5.73. The van der Waals surface area contributed by atoms with Crippen LogP contribution in [0.4, 0.5) is 11.6 Å². The predicted molar refractivity (Wildman–Crippen MR) is 76.4 cm³/mol. The Hall–Kier alpha value is -1.90. The second kappa shape index (κ2) is 6.04. The van der Waals surface area contributed by atoms with Gasteiger partial charge >= 0.3 is 0 Å². The van der Waals surface area contributed by atoms with E-state index in [0.29, 0.717) is 36.9 Å². The van der Waals surface area contributed by atoms with Crippen LogP contribution < -0.4 is 16.6 Å². The SMILES string of the molecule is COCCC(C)(O)CNc1nc(NN)cn2ccnc12. The summed E-state index contributed by atoms with van der Waals surface area (Å²) in [4.78, 5) is 8.52. The van der Waals surface area contributed by atoms with E-state index < -0.39 is 5.60 Å². The molecule has 110 valence electrons. The summed E-state index contributed by atoms with van der Waals surface area (Å²) in [7, 11) is 1.61. The lowest BCUT2D eigenvalue weighted by Gasteiger charge is -2.23. The number of hydrogen-bond donors (Lipinski definition) is 4. The van der Waals surface area contributed by atoms with Crippen LogP contribution in [-0.2, 0) is 4.74 Å². The van der Waals surface area contributed by atoms with Crippen molar-refractivity contribution in [2.45, 2.75) is 18.9 Å². The van der Waals surface area contributed by atoms with Crippen molar-refractivity contribution in [1.82, 2.24) is 14.4 Å². The highest BCUT2D eigenvalue weighted by Gasteiger charge is 2.20. The van der Waals surface area contributed by atoms with E-state index in [1.165, 1.54) is 0 Å². The standard InChI is InChI=1S/C12H20N6O2/c1-12(19,3-6-20-2)8-15-10-11-14-4-5-18(11)7-9(16-10)17-13/h4-5,7,17,19H,3,6,8,13H2,1-2H3,(H,15,16). The number of aromatic nitrogens is 3. The van der Waals surface area contributed by atoms with Crippen molar-refractivity contribution in [3.05, 3.63) is 18.6 Å². The van der Waals surface area contributed by atoms with Crippen molar-refractivity contribution in [2.24, 2.45) is 5.84 Å². The fourth-order valence-corrected chi connectivity index (χ4v) is 1.80. The van der Waals surface area contributed by atoms with Gasteiger partial charge in [-0.2, -0.15) is 0 Å². The molecule has 2 rings (SSSR count). The summed E-state index contributed by atoms with van der Waals surface area (Å²) in [6, 6.07) is 0. The number of hydrogen-bond acceptors (Lipinski definition) is 7. The van der Waals surface area contributed by atoms with Crippen LogP contribution >= 0.6 is 0 Å². The number of hydrazine groups is 1. The maximum absolute atomic E-state index is 10.2. The van der Waals surface area contributed by atoms with E-state index in [1.54, 1.807) is 37.0 Å². The number of methoxy groups -OCH3 is 1. The number of nitrogens with two attached hydrogens (primary N) is 1. The van der Waals surface area contributed by atoms with Crippen molar-refractivity contribution in [1.29, 1.82) is 0 Å². The van der Waals surface area contributed by atoms with Gasteiger partial charge in [-0.15, -0.1) is 0 Å². The summed E-state index contributed by atoms with van der Waals surface area (Å²) in [5, 5.41) is 13.3. The lowest BCUT2D eigenvalue weighted by Crippen LogP contribution is -2.35. The first kappa shape index (κ1) is 14.5. The molecule has 20 heavy (non-hydrogen) atoms. The van der Waals surface area contributed by atoms with Gasteiger partial charge in [0.1, 0.15) is 0 Å². The van der Waals surface area contributed by atoms with E-state index in [9.17, 15) is 5.11 Å². The molecule has 0 radical (unpaired) electrons. The maximum Gasteiger partial charge on any atom is 0.180 e. The molecule has 2 aromatic rings. The number of nitrogens with zero attached hydrogens (tertiary/aromatic N) is 3. The Labute approximate surface area is 116 Å². The van der Waals surface area contributed by atoms with Crippen LogP contribution in [0.3, 0.4) is 0 Å². The molecule has 8 heteroatoms. The molecule has 0 aromatic carbocycles. The van der Waals surface area contributed by atoms with Gasteiger partial charge in [0.15, 0.2) is 17.3 Å². The van der Waals surface area contributed by atoms with Crippen molar-refractivity contribution in [3.63, 3.8) is 0 Å². The van der Waals surface area contributed by atoms with E-state index in [-0.39, 0.29) is 0 Å². The molecular formula is C12H20N6O2. The van der Waals surface area contributed by atoms with Gasteiger partial charge in [-0.05, 0) is 6.92 Å². The number of fused-ring (bicyclic) bond motifs is 1. The summed E-state index contributed by atoms with van der Waals surface area (Å²) < 4.78 is 6.78. The van der Waals surface area contributed by atoms with Gasteiger partial charge in [0.25, 0.3) is 0 Å². The number of aliphatic hydroxyl groups is 1. The molecule has 1 atom stereocenters. The molecule has 2 aromatic heterocycles. The van der Waals surface area contributed by atoms with Crippen molar-refractivity contribution < 1.29 is 9.84 Å². The molecule has 0 aliphatic rings. The van der Waals surface area contributed by atoms with Crippen LogP contribution in [-0.4, -0.2) is 45.3 Å². The first-order valence-corrected chi connectivity index (χ1v) is 6.31. The molecule has 0 aliphatic heterocycles. The maximum atomic E-state index is 10.2. The highest BCUT2D eigenvalue weighted by molar-refractivity contribution is 5.65. The number of rotatable bonds is 7. The molecule has 5 N–H and O–H groups in total. The third-order valence-electron chi connectivity index (χ3n) is 3.00. The van der Waals surface area contributed by atoms with Gasteiger partial charge in [0.05, 0.1) is 11.8 Å². The minimum Gasteiger partial charge on any atom is -0.388 e. The van der Waals surface area contributed by atoms with Crippen LogP contribution in [0.2, 0.25) is 0 Å². The highest BCUT2D eigenvalue weighted by Crippen LogP contribution is 2.17. The van der Waals surface area contributed by atoms with E-state index in [0.717, 1.165) is 0 Å². The molecule has 0 amide bonds. The quantitative estimate of drug-likeness (QED) is 0.424. The Bertz CT molecular complexity index is 568. The second-order valence-electron chi connectivity index (χ2n) is 4.87. The Morgan fingerprint density at radius 3 is 3.05 bits per heavy atom. The topological polar surface area (TPSA) is 110 Å². The van der Waals surface area contributed by atoms with Crippen LogP contribution in [0, 0.1) is 0 Å². The first-order valence-electron chi connectivity index (χ1n) is 6.31. The fourth-order valence-electron chi connectivity index (χ4n) is 1.80. The first-order chi connectivity index (χ1) is 9.55. The normalized spacial score (nSPS) is 14.2. The predicted octanol–water partition coefficient (Wildman–Crippen LogP) is 0.214. The minimum atomic E-state index is -0.895. The second-order valence-corrected chi connectivity index (χ2v) is 4.87. The lowest BCUT2D eigenvalue weighted by atomic mass is 10.0. The number of ether oxygens (including phenoxy) is 1. The van der Waals surface area contributed by atoms with Gasteiger partial charge in [0.2, 0.25) is 0 Å². The highest BCUT2D eigenvalue weighted by atomic mass is 16.5. The number of nitrogens with one attached hydrogen (secondary N) is 2. The van der Waals surface area contributed by atoms with E-state index in [4.69, 9.17) is 10.6 Å². The molecule has 0 spiro atoms. The van der Waals surface area contributed by atoms with E-state index >= 15 is 0 Å². The van der Waals surface area contributed by atoms with Crippen molar-refractivity contribution >= 4 is 17.3 Å². The molecule has 8 nitrogen and oxygen atoms in total. The van der Waals surface area contributed by atoms with Gasteiger partial charge in [-0.25, -0.2) is 15.8 Å². The van der Waals surface area contributed by atoms with Gasteiger partial charge in [-0.3, -0.25) is 0 Å². The molecule has 0 aliphatic carbocycles. The summed E-state index contributed by atoms with van der Waals surface area (Å²) >= 11 is 0. The monoisotopic (exact) mass is 280 g/mol. The molecule has 1 unspecified atom stereocenters. The molecule has 0 fully saturated rings. The minimum absolute atomic E-state index is 0.333. The average Bonchev–Trinajstić information content (AvgIpc) is 2.90. The number of imidazole rings is 1. The zero-order valence-electron chi connectivity index (χ0n) is 11.6. The van der Waals surface area contributed by atoms with E-state index in [2.05, 4.69) is 20.7 Å². The lowest BCUT2D eigenvalue weighted by molar-refractivity contribution is 0.0357. The van der Waals surface area contributed by atoms with E-state index in [1.807, 2.05) is 0 Å². The van der Waals surface area contributed by atoms with Crippen LogP contribution in [0.1, 0.15) is 13.3 Å². The van der Waals surface area contributed by atoms with Crippen molar-refractivity contribution in [3.8, 4) is 0 Å². The van der Waals surface area contributed by atoms with Gasteiger partial charge in [-0.1, -0.05) is 0 Å². The third-order valence-corrected chi connectivity index (χ3v) is 3.00. The Balaban J connectivity index is 2.14. The third kappa shape index (κ3) is 3.35. The molecule has 0 saturated heterocycles. The molecule has 0 bridgehead atoms. The summed E-state index contributed by atoms with van der Waals surface area (Å²) in [6.45, 7) is 2.57. The van der Waals surface area contributed by atoms with Crippen LogP contribution in [0.15, 0.2) is 18.6 Å². The number of nitrogen functional groups attached to an aromatic ring is 1. The Morgan fingerprint density at radius 2 is 2.35 bits per heavy atom. The van der Waals surface area contributed by atoms with Crippen LogP contribution in [0.5, 0.6) is 0 Å². The largest absolute Gasteiger partial charge is 0.388 e. The smallest absolute Gasteiger partial charge is 0.180 e. The molecule has 0 saturated carbocycles. The molecule has 2 heterocycles.